The third-order valence-electron chi connectivity index (χ3n) is 2.23. The lowest BCUT2D eigenvalue weighted by Gasteiger charge is -2.09. The predicted octanol–water partition coefficient (Wildman–Crippen LogP) is 3.44. The fourth-order valence-electron chi connectivity index (χ4n) is 1.32. The van der Waals surface area contributed by atoms with Crippen LogP contribution in [0, 0.1) is 40.7 Å². The van der Waals surface area contributed by atoms with Gasteiger partial charge >= 0.3 is 0 Å². The van der Waals surface area contributed by atoms with Crippen LogP contribution in [0.1, 0.15) is 5.56 Å². The van der Waals surface area contributed by atoms with Crippen LogP contribution in [0.5, 0.6) is 11.5 Å². The first kappa shape index (κ1) is 13.7. The molecule has 0 aliphatic rings. The average Bonchev–Trinajstić information content (AvgIpc) is 2.42. The first-order valence-electron chi connectivity index (χ1n) is 5.01. The summed E-state index contributed by atoms with van der Waals surface area (Å²) >= 11 is 0. The number of ether oxygens (including phenoxy) is 1. The van der Waals surface area contributed by atoms with E-state index in [-0.39, 0.29) is 5.56 Å². The zero-order chi connectivity index (χ0) is 14.9. The van der Waals surface area contributed by atoms with Crippen molar-refractivity contribution in [2.75, 3.05) is 0 Å². The molecule has 102 valence electrons. The highest BCUT2D eigenvalue weighted by Crippen LogP contribution is 2.31. The number of pyridine rings is 1. The van der Waals surface area contributed by atoms with Gasteiger partial charge in [-0.05, 0) is 18.2 Å². The molecule has 0 aliphatic carbocycles. The molecule has 0 fully saturated rings. The monoisotopic (exact) mass is 286 g/mol. The highest BCUT2D eigenvalue weighted by atomic mass is 19.2. The second-order valence-corrected chi connectivity index (χ2v) is 3.51. The summed E-state index contributed by atoms with van der Waals surface area (Å²) in [5, 5.41) is 8.52. The lowest BCUT2D eigenvalue weighted by molar-refractivity contribution is 0.335. The van der Waals surface area contributed by atoms with Gasteiger partial charge in [0.05, 0.1) is 11.6 Å². The lowest BCUT2D eigenvalue weighted by atomic mass is 10.2. The van der Waals surface area contributed by atoms with Gasteiger partial charge in [0, 0.05) is 0 Å². The number of hydrogen-bond acceptors (Lipinski definition) is 3. The minimum Gasteiger partial charge on any atom is -0.448 e. The summed E-state index contributed by atoms with van der Waals surface area (Å²) in [6.45, 7) is 0. The van der Waals surface area contributed by atoms with E-state index in [1.807, 2.05) is 0 Å². The van der Waals surface area contributed by atoms with Crippen LogP contribution in [-0.2, 0) is 0 Å². The molecular formula is C12H3F5N2O. The third-order valence-corrected chi connectivity index (χ3v) is 2.23. The maximum absolute atomic E-state index is 13.5. The van der Waals surface area contributed by atoms with Crippen LogP contribution in [-0.4, -0.2) is 4.98 Å². The summed E-state index contributed by atoms with van der Waals surface area (Å²) in [5.41, 5.74) is -0.0668. The molecule has 0 N–H and O–H groups in total. The quantitative estimate of drug-likeness (QED) is 0.627. The van der Waals surface area contributed by atoms with Crippen molar-refractivity contribution in [2.45, 2.75) is 0 Å². The lowest BCUT2D eigenvalue weighted by Crippen LogP contribution is -2.03. The van der Waals surface area contributed by atoms with Crippen LogP contribution < -0.4 is 4.74 Å². The van der Waals surface area contributed by atoms with Gasteiger partial charge in [-0.25, -0.2) is 4.39 Å². The molecule has 2 aromatic rings. The fourth-order valence-corrected chi connectivity index (χ4v) is 1.32. The fraction of sp³-hybridized carbons (Fsp3) is 0. The highest BCUT2D eigenvalue weighted by molar-refractivity contribution is 5.39. The maximum atomic E-state index is 13.5. The maximum Gasteiger partial charge on any atom is 0.255 e. The predicted molar refractivity (Wildman–Crippen MR) is 55.3 cm³/mol. The van der Waals surface area contributed by atoms with Gasteiger partial charge in [0.15, 0.2) is 11.6 Å². The molecule has 1 aromatic carbocycles. The Bertz CT molecular complexity index is 701. The van der Waals surface area contributed by atoms with E-state index < -0.39 is 40.8 Å². The molecule has 0 atom stereocenters. The van der Waals surface area contributed by atoms with Gasteiger partial charge in [-0.3, -0.25) is 0 Å². The Balaban J connectivity index is 2.48. The highest BCUT2D eigenvalue weighted by Gasteiger charge is 2.23. The SMILES string of the molecule is N#Cc1ccc(Oc2c(F)c(F)nc(F)c2F)c(F)c1. The number of nitrogens with zero attached hydrogens (tertiary/aromatic N) is 2. The number of rotatable bonds is 2. The topological polar surface area (TPSA) is 45.9 Å². The Morgan fingerprint density at radius 3 is 2.10 bits per heavy atom. The summed E-state index contributed by atoms with van der Waals surface area (Å²) in [6, 6.07) is 4.35. The van der Waals surface area contributed by atoms with Crippen LogP contribution in [0.4, 0.5) is 22.0 Å². The van der Waals surface area contributed by atoms with Crippen molar-refractivity contribution in [2.24, 2.45) is 0 Å². The second kappa shape index (κ2) is 5.13. The minimum atomic E-state index is -1.92. The molecule has 0 aliphatic heterocycles. The number of aromatic nitrogens is 1. The Hall–Kier alpha value is -2.69. The Labute approximate surface area is 108 Å². The van der Waals surface area contributed by atoms with E-state index in [0.29, 0.717) is 0 Å². The van der Waals surface area contributed by atoms with Gasteiger partial charge in [-0.1, -0.05) is 0 Å². The van der Waals surface area contributed by atoms with Gasteiger partial charge < -0.3 is 4.74 Å². The molecule has 1 heterocycles. The van der Waals surface area contributed by atoms with Crippen LogP contribution in [0.25, 0.3) is 0 Å². The van der Waals surface area contributed by atoms with Crippen LogP contribution in [0.15, 0.2) is 18.2 Å². The molecule has 0 saturated heterocycles. The van der Waals surface area contributed by atoms with Gasteiger partial charge in [0.1, 0.15) is 0 Å². The van der Waals surface area contributed by atoms with Crippen molar-refractivity contribution in [3.8, 4) is 17.6 Å². The van der Waals surface area contributed by atoms with Crippen molar-refractivity contribution in [3.63, 3.8) is 0 Å². The van der Waals surface area contributed by atoms with Crippen LogP contribution in [0.3, 0.4) is 0 Å². The summed E-state index contributed by atoms with van der Waals surface area (Å²) in [6.07, 6.45) is 0. The molecule has 0 spiro atoms. The molecule has 1 aromatic heterocycles. The van der Waals surface area contributed by atoms with Crippen LogP contribution >= 0.6 is 0 Å². The van der Waals surface area contributed by atoms with E-state index >= 15 is 0 Å². The average molecular weight is 286 g/mol. The summed E-state index contributed by atoms with van der Waals surface area (Å²) in [4.78, 5) is 2.32. The summed E-state index contributed by atoms with van der Waals surface area (Å²) in [5.74, 6) is -10.9. The summed E-state index contributed by atoms with van der Waals surface area (Å²) < 4.78 is 70.1. The van der Waals surface area contributed by atoms with Crippen molar-refractivity contribution in [3.05, 3.63) is 53.1 Å². The first-order chi connectivity index (χ1) is 9.43. The summed E-state index contributed by atoms with van der Waals surface area (Å²) in [7, 11) is 0. The van der Waals surface area contributed by atoms with Gasteiger partial charge in [-0.15, -0.1) is 0 Å². The molecule has 2 rings (SSSR count). The Kier molecular flexibility index (Phi) is 3.52. The Morgan fingerprint density at radius 1 is 1.00 bits per heavy atom. The molecule has 0 unspecified atom stereocenters. The minimum absolute atomic E-state index is 0.0668. The van der Waals surface area contributed by atoms with E-state index in [0.717, 1.165) is 18.2 Å². The second-order valence-electron chi connectivity index (χ2n) is 3.51. The molecule has 0 saturated carbocycles. The van der Waals surface area contributed by atoms with E-state index in [2.05, 4.69) is 9.72 Å². The molecule has 0 radical (unpaired) electrons. The van der Waals surface area contributed by atoms with Crippen molar-refractivity contribution in [1.82, 2.24) is 4.98 Å². The zero-order valence-electron chi connectivity index (χ0n) is 9.42. The number of hydrogen-bond donors (Lipinski definition) is 0. The third kappa shape index (κ3) is 2.38. The van der Waals surface area contributed by atoms with Gasteiger partial charge in [-0.2, -0.15) is 27.8 Å². The van der Waals surface area contributed by atoms with E-state index in [9.17, 15) is 22.0 Å². The largest absolute Gasteiger partial charge is 0.448 e. The van der Waals surface area contributed by atoms with Crippen molar-refractivity contribution in [1.29, 1.82) is 5.26 Å². The van der Waals surface area contributed by atoms with E-state index in [4.69, 9.17) is 5.26 Å². The zero-order valence-corrected chi connectivity index (χ0v) is 9.42. The number of nitriles is 1. The molecule has 3 nitrogen and oxygen atoms in total. The number of benzene rings is 1. The smallest absolute Gasteiger partial charge is 0.255 e. The molecule has 0 bridgehead atoms. The van der Waals surface area contributed by atoms with E-state index in [1.165, 1.54) is 0 Å². The van der Waals surface area contributed by atoms with Crippen molar-refractivity contribution >= 4 is 0 Å². The molecular weight excluding hydrogens is 283 g/mol. The number of halogens is 5. The first-order valence-corrected chi connectivity index (χ1v) is 5.01. The van der Waals surface area contributed by atoms with Crippen LogP contribution in [0.2, 0.25) is 0 Å². The molecule has 8 heteroatoms. The van der Waals surface area contributed by atoms with Gasteiger partial charge in [0.25, 0.3) is 11.9 Å². The van der Waals surface area contributed by atoms with Gasteiger partial charge in [0.2, 0.25) is 17.4 Å². The molecule has 0 amide bonds. The van der Waals surface area contributed by atoms with Crippen molar-refractivity contribution < 1.29 is 26.7 Å². The van der Waals surface area contributed by atoms with E-state index in [1.54, 1.807) is 6.07 Å². The normalized spacial score (nSPS) is 10.2. The molecule has 20 heavy (non-hydrogen) atoms. The Morgan fingerprint density at radius 2 is 1.60 bits per heavy atom. The standard InChI is InChI=1S/C12H3F5N2O/c13-6-3-5(4-18)1-2-7(6)20-10-8(14)11(16)19-12(17)9(10)15/h1-3H.